The van der Waals surface area contributed by atoms with Gasteiger partial charge in [-0.1, -0.05) is 0 Å². The van der Waals surface area contributed by atoms with Crippen molar-refractivity contribution in [3.8, 4) is 5.75 Å². The highest BCUT2D eigenvalue weighted by molar-refractivity contribution is 9.11. The summed E-state index contributed by atoms with van der Waals surface area (Å²) in [4.78, 5) is 10.4. The number of hydrogen-bond donors (Lipinski definition) is 0. The zero-order chi connectivity index (χ0) is 14.0. The molecule has 0 unspecified atom stereocenters. The third-order valence-electron chi connectivity index (χ3n) is 2.43. The highest BCUT2D eigenvalue weighted by Gasteiger charge is 2.12. The molecule has 0 aliphatic carbocycles. The molecule has 2 aromatic rings. The van der Waals surface area contributed by atoms with Crippen molar-refractivity contribution in [3.63, 3.8) is 0 Å². The van der Waals surface area contributed by atoms with Gasteiger partial charge in [-0.2, -0.15) is 5.10 Å². The van der Waals surface area contributed by atoms with Gasteiger partial charge >= 0.3 is 0 Å². The zero-order valence-corrected chi connectivity index (χ0v) is 13.0. The summed E-state index contributed by atoms with van der Waals surface area (Å²) in [5.74, 6) is 0.451. The smallest absolute Gasteiger partial charge is 0.273 e. The molecule has 0 amide bonds. The lowest BCUT2D eigenvalue weighted by molar-refractivity contribution is -0.385. The van der Waals surface area contributed by atoms with Crippen LogP contribution >= 0.6 is 31.9 Å². The molecule has 19 heavy (non-hydrogen) atoms. The highest BCUT2D eigenvalue weighted by atomic mass is 79.9. The Morgan fingerprint density at radius 1 is 1.37 bits per heavy atom. The number of nitro groups is 1. The fourth-order valence-electron chi connectivity index (χ4n) is 1.61. The molecule has 1 aromatic carbocycles. The molecule has 100 valence electrons. The van der Waals surface area contributed by atoms with Crippen LogP contribution in [0.2, 0.25) is 0 Å². The summed E-state index contributed by atoms with van der Waals surface area (Å²) < 4.78 is 8.22. The summed E-state index contributed by atoms with van der Waals surface area (Å²) in [6.07, 6.45) is 0. The molecule has 0 spiro atoms. The minimum Gasteiger partial charge on any atom is -0.496 e. The van der Waals surface area contributed by atoms with Gasteiger partial charge in [0, 0.05) is 12.1 Å². The predicted molar refractivity (Wildman–Crippen MR) is 76.4 cm³/mol. The van der Waals surface area contributed by atoms with E-state index >= 15 is 0 Å². The summed E-state index contributed by atoms with van der Waals surface area (Å²) in [6, 6.07) is 6.44. The Balaban J connectivity index is 2.36. The summed E-state index contributed by atoms with van der Waals surface area (Å²) in [5.41, 5.74) is 0.735. The number of non-ortho nitro benzene ring substituents is 1. The van der Waals surface area contributed by atoms with Crippen LogP contribution in [-0.2, 0) is 6.54 Å². The third kappa shape index (κ3) is 3.32. The number of ether oxygens (including phenoxy) is 1. The van der Waals surface area contributed by atoms with Crippen molar-refractivity contribution in [2.75, 3.05) is 7.11 Å². The van der Waals surface area contributed by atoms with Crippen LogP contribution in [0, 0.1) is 10.1 Å². The number of nitro benzene ring substituents is 1. The molecule has 6 nitrogen and oxygen atoms in total. The van der Waals surface area contributed by atoms with Crippen molar-refractivity contribution in [2.24, 2.45) is 0 Å². The lowest BCUT2D eigenvalue weighted by Crippen LogP contribution is -2.03. The summed E-state index contributed by atoms with van der Waals surface area (Å²) in [7, 11) is 1.48. The molecule has 0 bridgehead atoms. The first-order chi connectivity index (χ1) is 8.99. The van der Waals surface area contributed by atoms with Gasteiger partial charge in [-0.05, 0) is 43.5 Å². The summed E-state index contributed by atoms with van der Waals surface area (Å²) in [5, 5.41) is 15.1. The second kappa shape index (κ2) is 5.70. The Hall–Kier alpha value is -1.41. The van der Waals surface area contributed by atoms with Gasteiger partial charge in [-0.25, -0.2) is 0 Å². The van der Waals surface area contributed by atoms with Crippen molar-refractivity contribution in [1.29, 1.82) is 0 Å². The number of nitrogens with zero attached hydrogens (tertiary/aromatic N) is 3. The van der Waals surface area contributed by atoms with Gasteiger partial charge in [0.15, 0.2) is 0 Å². The molecule has 2 rings (SSSR count). The molecule has 0 atom stereocenters. The van der Waals surface area contributed by atoms with E-state index in [4.69, 9.17) is 4.74 Å². The Kier molecular flexibility index (Phi) is 4.20. The van der Waals surface area contributed by atoms with E-state index < -0.39 is 4.92 Å². The molecule has 0 saturated carbocycles. The maximum atomic E-state index is 10.9. The van der Waals surface area contributed by atoms with Gasteiger partial charge in [-0.15, -0.1) is 0 Å². The number of hydrogen-bond acceptors (Lipinski definition) is 4. The van der Waals surface area contributed by atoms with E-state index in [0.29, 0.717) is 16.9 Å². The molecule has 0 N–H and O–H groups in total. The minimum atomic E-state index is -0.444. The van der Waals surface area contributed by atoms with Crippen LogP contribution in [0.25, 0.3) is 0 Å². The van der Waals surface area contributed by atoms with Crippen LogP contribution in [-0.4, -0.2) is 21.8 Å². The van der Waals surface area contributed by atoms with Gasteiger partial charge in [0.1, 0.15) is 15.0 Å². The first kappa shape index (κ1) is 14.0. The first-order valence-electron chi connectivity index (χ1n) is 5.21. The largest absolute Gasteiger partial charge is 0.496 e. The van der Waals surface area contributed by atoms with Crippen molar-refractivity contribution >= 4 is 37.5 Å². The van der Waals surface area contributed by atoms with Gasteiger partial charge < -0.3 is 4.74 Å². The maximum Gasteiger partial charge on any atom is 0.273 e. The molecule has 1 heterocycles. The quantitative estimate of drug-likeness (QED) is 0.592. The van der Waals surface area contributed by atoms with Crippen LogP contribution in [0.4, 0.5) is 5.69 Å². The van der Waals surface area contributed by atoms with E-state index in [9.17, 15) is 10.1 Å². The fraction of sp³-hybridized carbons (Fsp3) is 0.182. The Morgan fingerprint density at radius 2 is 2.11 bits per heavy atom. The maximum absolute atomic E-state index is 10.9. The lowest BCUT2D eigenvalue weighted by Gasteiger charge is -2.06. The van der Waals surface area contributed by atoms with Crippen molar-refractivity contribution < 1.29 is 9.66 Å². The molecule has 8 heteroatoms. The standard InChI is InChI=1S/C11H9Br2N3O3/c1-19-9-3-7(2-8(4-9)16(17)18)6-15-11(13)5-10(12)14-15/h2-5H,6H2,1H3. The van der Waals surface area contributed by atoms with Crippen LogP contribution in [0.15, 0.2) is 33.5 Å². The minimum absolute atomic E-state index is 0.00306. The second-order valence-electron chi connectivity index (χ2n) is 3.74. The number of benzene rings is 1. The van der Waals surface area contributed by atoms with Gasteiger partial charge in [0.25, 0.3) is 5.69 Å². The Morgan fingerprint density at radius 3 is 2.63 bits per heavy atom. The van der Waals surface area contributed by atoms with Crippen molar-refractivity contribution in [3.05, 3.63) is 49.1 Å². The third-order valence-corrected chi connectivity index (χ3v) is 3.46. The molecule has 0 aliphatic heterocycles. The SMILES string of the molecule is COc1cc(Cn2nc(Br)cc2Br)cc([N+](=O)[O-])c1. The van der Waals surface area contributed by atoms with Gasteiger partial charge in [0.2, 0.25) is 0 Å². The lowest BCUT2D eigenvalue weighted by atomic mass is 10.2. The number of halogens is 2. The molecular formula is C11H9Br2N3O3. The molecule has 1 aromatic heterocycles. The monoisotopic (exact) mass is 389 g/mol. The molecule has 0 aliphatic rings. The van der Waals surface area contributed by atoms with Crippen LogP contribution in [0.5, 0.6) is 5.75 Å². The zero-order valence-electron chi connectivity index (χ0n) is 9.84. The fourth-order valence-corrected chi connectivity index (χ4v) is 2.74. The molecular weight excluding hydrogens is 382 g/mol. The highest BCUT2D eigenvalue weighted by Crippen LogP contribution is 2.24. The number of methoxy groups -OCH3 is 1. The average Bonchev–Trinajstić information content (AvgIpc) is 2.67. The van der Waals surface area contributed by atoms with Crippen LogP contribution in [0.3, 0.4) is 0 Å². The molecule has 0 fully saturated rings. The van der Waals surface area contributed by atoms with Crippen molar-refractivity contribution in [1.82, 2.24) is 9.78 Å². The first-order valence-corrected chi connectivity index (χ1v) is 6.79. The summed E-state index contributed by atoms with van der Waals surface area (Å²) in [6.45, 7) is 0.407. The topological polar surface area (TPSA) is 70.2 Å². The van der Waals surface area contributed by atoms with E-state index in [-0.39, 0.29) is 5.69 Å². The van der Waals surface area contributed by atoms with Crippen molar-refractivity contribution in [2.45, 2.75) is 6.54 Å². The molecule has 0 saturated heterocycles. The van der Waals surface area contributed by atoms with E-state index in [1.807, 2.05) is 0 Å². The van der Waals surface area contributed by atoms with E-state index in [0.717, 1.165) is 10.2 Å². The van der Waals surface area contributed by atoms with E-state index in [1.165, 1.54) is 19.2 Å². The average molecular weight is 391 g/mol. The van der Waals surface area contributed by atoms with E-state index in [1.54, 1.807) is 16.8 Å². The van der Waals surface area contributed by atoms with Crippen LogP contribution in [0.1, 0.15) is 5.56 Å². The van der Waals surface area contributed by atoms with Gasteiger partial charge in [-0.3, -0.25) is 14.8 Å². The Bertz CT molecular complexity index is 628. The number of aromatic nitrogens is 2. The Labute approximate surface area is 125 Å². The van der Waals surface area contributed by atoms with Gasteiger partial charge in [0.05, 0.1) is 24.6 Å². The predicted octanol–water partition coefficient (Wildman–Crippen LogP) is 3.37. The number of rotatable bonds is 4. The second-order valence-corrected chi connectivity index (χ2v) is 5.37. The van der Waals surface area contributed by atoms with Crippen LogP contribution < -0.4 is 4.74 Å². The molecule has 0 radical (unpaired) electrons. The van der Waals surface area contributed by atoms with E-state index in [2.05, 4.69) is 37.0 Å². The normalized spacial score (nSPS) is 10.5. The summed E-state index contributed by atoms with van der Waals surface area (Å²) >= 11 is 6.63.